The minimum Gasteiger partial charge on any atom is -0.354 e. The van der Waals surface area contributed by atoms with E-state index in [9.17, 15) is 14.4 Å². The molecule has 6 heteroatoms. The number of piperidine rings is 1. The summed E-state index contributed by atoms with van der Waals surface area (Å²) in [6.07, 6.45) is 6.63. The Bertz CT molecular complexity index is 750. The van der Waals surface area contributed by atoms with E-state index >= 15 is 0 Å². The van der Waals surface area contributed by atoms with Crippen LogP contribution in [0.1, 0.15) is 67.8 Å². The number of rotatable bonds is 7. The number of hydrogen-bond donors (Lipinski definition) is 2. The maximum absolute atomic E-state index is 12.9. The molecule has 0 spiro atoms. The summed E-state index contributed by atoms with van der Waals surface area (Å²) in [4.78, 5) is 40.4. The van der Waals surface area contributed by atoms with Crippen LogP contribution < -0.4 is 10.6 Å². The maximum Gasteiger partial charge on any atom is 0.251 e. The molecule has 0 radical (unpaired) electrons. The van der Waals surface area contributed by atoms with Gasteiger partial charge in [0.1, 0.15) is 6.04 Å². The molecule has 3 rings (SSSR count). The second-order valence-electron chi connectivity index (χ2n) is 8.76. The molecule has 2 aliphatic rings. The van der Waals surface area contributed by atoms with Crippen LogP contribution in [-0.2, 0) is 9.59 Å². The zero-order chi connectivity index (χ0) is 21.5. The van der Waals surface area contributed by atoms with Gasteiger partial charge in [-0.25, -0.2) is 0 Å². The highest BCUT2D eigenvalue weighted by Crippen LogP contribution is 2.29. The number of amides is 3. The molecule has 1 atom stereocenters. The molecule has 2 fully saturated rings. The van der Waals surface area contributed by atoms with Crippen LogP contribution in [0.25, 0.3) is 0 Å². The third-order valence-corrected chi connectivity index (χ3v) is 6.43. The van der Waals surface area contributed by atoms with Gasteiger partial charge in [0.15, 0.2) is 0 Å². The number of likely N-dealkylation sites (tertiary alicyclic amines) is 1. The molecule has 1 heterocycles. The highest BCUT2D eigenvalue weighted by atomic mass is 16.2. The highest BCUT2D eigenvalue weighted by molar-refractivity contribution is 5.97. The van der Waals surface area contributed by atoms with Crippen molar-refractivity contribution in [1.29, 1.82) is 0 Å². The summed E-state index contributed by atoms with van der Waals surface area (Å²) < 4.78 is 0. The van der Waals surface area contributed by atoms with Crippen molar-refractivity contribution in [1.82, 2.24) is 15.5 Å². The first-order valence-corrected chi connectivity index (χ1v) is 11.4. The Morgan fingerprint density at radius 3 is 2.43 bits per heavy atom. The van der Waals surface area contributed by atoms with Crippen molar-refractivity contribution in [2.24, 2.45) is 11.8 Å². The topological polar surface area (TPSA) is 78.5 Å². The Morgan fingerprint density at radius 1 is 1.10 bits per heavy atom. The average Bonchev–Trinajstić information content (AvgIpc) is 3.30. The Morgan fingerprint density at radius 2 is 1.80 bits per heavy atom. The molecule has 6 nitrogen and oxygen atoms in total. The Kier molecular flexibility index (Phi) is 7.88. The minimum absolute atomic E-state index is 0.0308. The molecule has 1 saturated carbocycles. The van der Waals surface area contributed by atoms with Crippen molar-refractivity contribution in [3.63, 3.8) is 0 Å². The lowest BCUT2D eigenvalue weighted by molar-refractivity contribution is -0.137. The zero-order valence-corrected chi connectivity index (χ0v) is 18.3. The van der Waals surface area contributed by atoms with Gasteiger partial charge in [-0.15, -0.1) is 0 Å². The smallest absolute Gasteiger partial charge is 0.251 e. The van der Waals surface area contributed by atoms with E-state index in [0.29, 0.717) is 25.2 Å². The number of carbonyl (C=O) groups is 3. The van der Waals surface area contributed by atoms with Gasteiger partial charge in [0, 0.05) is 31.1 Å². The van der Waals surface area contributed by atoms with Gasteiger partial charge in [-0.1, -0.05) is 37.5 Å². The summed E-state index contributed by atoms with van der Waals surface area (Å²) in [5.74, 6) is 0.148. The summed E-state index contributed by atoms with van der Waals surface area (Å²) in [7, 11) is 0. The fraction of sp³-hybridized carbons (Fsp3) is 0.625. The molecule has 1 aliphatic heterocycles. The van der Waals surface area contributed by atoms with Crippen LogP contribution in [0, 0.1) is 18.8 Å². The first-order chi connectivity index (χ1) is 14.5. The van der Waals surface area contributed by atoms with Crippen molar-refractivity contribution in [3.8, 4) is 0 Å². The summed E-state index contributed by atoms with van der Waals surface area (Å²) in [6, 6.07) is 6.82. The number of benzene rings is 1. The van der Waals surface area contributed by atoms with Crippen LogP contribution in [0.15, 0.2) is 24.3 Å². The van der Waals surface area contributed by atoms with E-state index in [1.807, 2.05) is 36.9 Å². The van der Waals surface area contributed by atoms with Gasteiger partial charge in [-0.3, -0.25) is 14.4 Å². The summed E-state index contributed by atoms with van der Waals surface area (Å²) in [5, 5.41) is 5.93. The summed E-state index contributed by atoms with van der Waals surface area (Å²) in [5.41, 5.74) is 1.57. The third-order valence-electron chi connectivity index (χ3n) is 6.43. The summed E-state index contributed by atoms with van der Waals surface area (Å²) in [6.45, 7) is 5.87. The molecule has 0 aromatic heterocycles. The monoisotopic (exact) mass is 413 g/mol. The minimum atomic E-state index is -0.576. The van der Waals surface area contributed by atoms with Gasteiger partial charge >= 0.3 is 0 Å². The molecule has 1 saturated heterocycles. The van der Waals surface area contributed by atoms with Gasteiger partial charge in [0.2, 0.25) is 11.8 Å². The lowest BCUT2D eigenvalue weighted by Crippen LogP contribution is -2.54. The average molecular weight is 414 g/mol. The third kappa shape index (κ3) is 5.61. The van der Waals surface area contributed by atoms with E-state index in [2.05, 4.69) is 10.6 Å². The van der Waals surface area contributed by atoms with E-state index < -0.39 is 6.04 Å². The Labute approximate surface area is 179 Å². The van der Waals surface area contributed by atoms with Gasteiger partial charge < -0.3 is 15.5 Å². The van der Waals surface area contributed by atoms with E-state index in [0.717, 1.165) is 50.5 Å². The van der Waals surface area contributed by atoms with Crippen LogP contribution in [-0.4, -0.2) is 48.3 Å². The van der Waals surface area contributed by atoms with Crippen molar-refractivity contribution < 1.29 is 14.4 Å². The molecule has 3 amide bonds. The first kappa shape index (κ1) is 22.3. The molecular weight excluding hydrogens is 378 g/mol. The van der Waals surface area contributed by atoms with E-state index in [1.54, 1.807) is 6.07 Å². The predicted molar refractivity (Wildman–Crippen MR) is 117 cm³/mol. The maximum atomic E-state index is 12.9. The van der Waals surface area contributed by atoms with Gasteiger partial charge in [-0.05, 0) is 57.1 Å². The fourth-order valence-electron chi connectivity index (χ4n) is 4.65. The number of carbonyl (C=O) groups excluding carboxylic acids is 3. The zero-order valence-electron chi connectivity index (χ0n) is 18.3. The number of nitrogens with zero attached hydrogens (tertiary/aromatic N) is 1. The molecule has 1 unspecified atom stereocenters. The highest BCUT2D eigenvalue weighted by Gasteiger charge is 2.35. The van der Waals surface area contributed by atoms with Crippen LogP contribution in [0.4, 0.5) is 0 Å². The van der Waals surface area contributed by atoms with Crippen LogP contribution >= 0.6 is 0 Å². The van der Waals surface area contributed by atoms with Crippen molar-refractivity contribution in [2.75, 3.05) is 19.6 Å². The Hall–Kier alpha value is -2.37. The Balaban J connectivity index is 1.64. The van der Waals surface area contributed by atoms with Gasteiger partial charge in [0.25, 0.3) is 5.91 Å². The van der Waals surface area contributed by atoms with Crippen molar-refractivity contribution in [3.05, 3.63) is 35.4 Å². The van der Waals surface area contributed by atoms with E-state index in [4.69, 9.17) is 0 Å². The van der Waals surface area contributed by atoms with Crippen molar-refractivity contribution >= 4 is 17.7 Å². The number of nitrogens with one attached hydrogen (secondary N) is 2. The molecule has 1 aliphatic carbocycles. The second kappa shape index (κ2) is 10.6. The quantitative estimate of drug-likeness (QED) is 0.721. The second-order valence-corrected chi connectivity index (χ2v) is 8.76. The molecule has 30 heavy (non-hydrogen) atoms. The molecular formula is C24H35N3O3. The van der Waals surface area contributed by atoms with Crippen molar-refractivity contribution in [2.45, 2.75) is 64.8 Å². The SMILES string of the molecule is CCCNC(=O)C(NC(=O)c1cccc(C)c1)C1CCN(C(=O)C2CCCC2)CC1. The largest absolute Gasteiger partial charge is 0.354 e. The van der Waals surface area contributed by atoms with Gasteiger partial charge in [0.05, 0.1) is 0 Å². The first-order valence-electron chi connectivity index (χ1n) is 11.4. The molecule has 0 bridgehead atoms. The molecule has 2 N–H and O–H groups in total. The van der Waals surface area contributed by atoms with E-state index in [-0.39, 0.29) is 29.6 Å². The fourth-order valence-corrected chi connectivity index (χ4v) is 4.65. The standard InChI is InChI=1S/C24H35N3O3/c1-3-13-25-23(29)21(26-22(28)20-10-6-7-17(2)16-20)18-11-14-27(15-12-18)24(30)19-8-4-5-9-19/h6-7,10,16,18-19,21H,3-5,8-9,11-15H2,1-2H3,(H,25,29)(H,26,28). The van der Waals surface area contributed by atoms with E-state index in [1.165, 1.54) is 0 Å². The summed E-state index contributed by atoms with van der Waals surface area (Å²) >= 11 is 0. The van der Waals surface area contributed by atoms with Crippen LogP contribution in [0.2, 0.25) is 0 Å². The van der Waals surface area contributed by atoms with Crippen LogP contribution in [0.5, 0.6) is 0 Å². The lowest BCUT2D eigenvalue weighted by Gasteiger charge is -2.36. The normalized spacial score (nSPS) is 18.8. The molecule has 1 aromatic carbocycles. The molecule has 164 valence electrons. The lowest BCUT2D eigenvalue weighted by atomic mass is 9.87. The van der Waals surface area contributed by atoms with Gasteiger partial charge in [-0.2, -0.15) is 0 Å². The molecule has 1 aromatic rings. The number of aryl methyl sites for hydroxylation is 1. The van der Waals surface area contributed by atoms with Crippen LogP contribution in [0.3, 0.4) is 0 Å². The number of hydrogen-bond acceptors (Lipinski definition) is 3. The predicted octanol–water partition coefficient (Wildman–Crippen LogP) is 3.05.